The topological polar surface area (TPSA) is 61.8 Å². The van der Waals surface area contributed by atoms with E-state index in [0.29, 0.717) is 29.5 Å². The van der Waals surface area contributed by atoms with Crippen LogP contribution in [0.3, 0.4) is 0 Å². The molecular formula is C19H35N3O2S. The third kappa shape index (κ3) is 4.69. The van der Waals surface area contributed by atoms with Crippen molar-refractivity contribution in [3.05, 3.63) is 0 Å². The number of hydrogen-bond acceptors (Lipinski definition) is 3. The lowest BCUT2D eigenvalue weighted by Gasteiger charge is -2.29. The summed E-state index contributed by atoms with van der Waals surface area (Å²) in [5.41, 5.74) is 0.425. The highest BCUT2D eigenvalue weighted by atomic mass is 32.2. The average Bonchev–Trinajstić information content (AvgIpc) is 3.31. The molecule has 1 aliphatic carbocycles. The summed E-state index contributed by atoms with van der Waals surface area (Å²) in [6.45, 7) is 7.41. The number of aliphatic imine (C=N–C) groups is 1. The zero-order valence-corrected chi connectivity index (χ0v) is 16.8. The summed E-state index contributed by atoms with van der Waals surface area (Å²) >= 11 is 0. The lowest BCUT2D eigenvalue weighted by atomic mass is 9.82. The van der Waals surface area contributed by atoms with Crippen molar-refractivity contribution in [3.63, 3.8) is 0 Å². The second kappa shape index (κ2) is 7.85. The Hall–Kier alpha value is -0.780. The maximum Gasteiger partial charge on any atom is 0.194 e. The number of nitrogens with zero attached hydrogens (tertiary/aromatic N) is 2. The van der Waals surface area contributed by atoms with Gasteiger partial charge in [0, 0.05) is 25.7 Å². The molecule has 0 bridgehead atoms. The number of likely N-dealkylation sites (tertiary alicyclic amines) is 1. The monoisotopic (exact) mass is 369 g/mol. The molecule has 144 valence electrons. The molecule has 2 heterocycles. The molecule has 0 aromatic heterocycles. The largest absolute Gasteiger partial charge is 0.354 e. The van der Waals surface area contributed by atoms with E-state index in [1.165, 1.54) is 44.9 Å². The molecule has 0 amide bonds. The average molecular weight is 370 g/mol. The van der Waals surface area contributed by atoms with Crippen molar-refractivity contribution in [1.82, 2.24) is 10.2 Å². The van der Waals surface area contributed by atoms with Gasteiger partial charge in [0.1, 0.15) is 0 Å². The molecule has 1 saturated carbocycles. The van der Waals surface area contributed by atoms with Gasteiger partial charge in [-0.2, -0.15) is 0 Å². The Morgan fingerprint density at radius 1 is 1.20 bits per heavy atom. The summed E-state index contributed by atoms with van der Waals surface area (Å²) in [6, 6.07) is 0.546. The quantitative estimate of drug-likeness (QED) is 0.598. The molecule has 1 atom stereocenters. The first-order valence-electron chi connectivity index (χ1n) is 10.2. The minimum absolute atomic E-state index is 0.204. The standard InChI is InChI=1S/C19H35N3O2S/c1-3-19(4-2)10-11-22(15-19)18(21-17-7-5-6-8-17)20-13-16-9-12-25(23,24)14-16/h16-17H,3-15H2,1-2H3,(H,20,21). The van der Waals surface area contributed by atoms with Crippen LogP contribution >= 0.6 is 0 Å². The van der Waals surface area contributed by atoms with Crippen molar-refractivity contribution in [2.24, 2.45) is 16.3 Å². The number of rotatable bonds is 5. The fraction of sp³-hybridized carbons (Fsp3) is 0.947. The first-order valence-corrected chi connectivity index (χ1v) is 12.0. The maximum absolute atomic E-state index is 11.7. The van der Waals surface area contributed by atoms with Crippen molar-refractivity contribution in [2.75, 3.05) is 31.1 Å². The maximum atomic E-state index is 11.7. The lowest BCUT2D eigenvalue weighted by molar-refractivity contribution is 0.275. The van der Waals surface area contributed by atoms with E-state index in [4.69, 9.17) is 4.99 Å². The zero-order chi connectivity index (χ0) is 17.9. The normalized spacial score (nSPS) is 29.4. The second-order valence-corrected chi connectivity index (χ2v) is 10.7. The molecule has 1 N–H and O–H groups in total. The molecule has 5 nitrogen and oxygen atoms in total. The molecule has 6 heteroatoms. The fourth-order valence-electron chi connectivity index (χ4n) is 4.66. The van der Waals surface area contributed by atoms with Gasteiger partial charge in [-0.3, -0.25) is 4.99 Å². The van der Waals surface area contributed by atoms with E-state index in [1.807, 2.05) is 0 Å². The van der Waals surface area contributed by atoms with Gasteiger partial charge in [-0.1, -0.05) is 26.7 Å². The van der Waals surface area contributed by atoms with Gasteiger partial charge in [0.05, 0.1) is 11.5 Å². The van der Waals surface area contributed by atoms with Gasteiger partial charge in [-0.25, -0.2) is 8.42 Å². The molecule has 0 aromatic rings. The predicted molar refractivity (Wildman–Crippen MR) is 104 cm³/mol. The molecule has 0 spiro atoms. The first kappa shape index (κ1) is 19.0. The van der Waals surface area contributed by atoms with Crippen LogP contribution in [0.15, 0.2) is 4.99 Å². The summed E-state index contributed by atoms with van der Waals surface area (Å²) in [7, 11) is -2.81. The van der Waals surface area contributed by atoms with E-state index < -0.39 is 9.84 Å². The molecule has 0 radical (unpaired) electrons. The molecule has 3 aliphatic rings. The smallest absolute Gasteiger partial charge is 0.194 e. The molecule has 25 heavy (non-hydrogen) atoms. The van der Waals surface area contributed by atoms with Gasteiger partial charge >= 0.3 is 0 Å². The zero-order valence-electron chi connectivity index (χ0n) is 16.0. The predicted octanol–water partition coefficient (Wildman–Crippen LogP) is 2.82. The van der Waals surface area contributed by atoms with Gasteiger partial charge in [0.15, 0.2) is 15.8 Å². The van der Waals surface area contributed by atoms with Crippen LogP contribution in [0.2, 0.25) is 0 Å². The highest BCUT2D eigenvalue weighted by Crippen LogP contribution is 2.37. The molecule has 3 fully saturated rings. The van der Waals surface area contributed by atoms with E-state index in [9.17, 15) is 8.42 Å². The summed E-state index contributed by atoms with van der Waals surface area (Å²) in [5, 5.41) is 3.72. The molecular weight excluding hydrogens is 334 g/mol. The van der Waals surface area contributed by atoms with Gasteiger partial charge in [0.25, 0.3) is 0 Å². The van der Waals surface area contributed by atoms with Crippen molar-refractivity contribution < 1.29 is 8.42 Å². The van der Waals surface area contributed by atoms with Crippen LogP contribution in [0, 0.1) is 11.3 Å². The molecule has 0 aromatic carbocycles. The third-order valence-electron chi connectivity index (χ3n) is 6.75. The number of guanidine groups is 1. The Balaban J connectivity index is 1.67. The van der Waals surface area contributed by atoms with Gasteiger partial charge < -0.3 is 10.2 Å². The molecule has 1 unspecified atom stereocenters. The van der Waals surface area contributed by atoms with Gasteiger partial charge in [0.2, 0.25) is 0 Å². The van der Waals surface area contributed by atoms with E-state index >= 15 is 0 Å². The van der Waals surface area contributed by atoms with E-state index in [1.54, 1.807) is 0 Å². The van der Waals surface area contributed by atoms with Crippen LogP contribution in [0.4, 0.5) is 0 Å². The molecule has 2 aliphatic heterocycles. The Morgan fingerprint density at radius 3 is 2.48 bits per heavy atom. The summed E-state index contributed by atoms with van der Waals surface area (Å²) in [6.07, 6.45) is 9.53. The van der Waals surface area contributed by atoms with Crippen molar-refractivity contribution >= 4 is 15.8 Å². The molecule has 3 rings (SSSR count). The van der Waals surface area contributed by atoms with Crippen LogP contribution in [0.1, 0.15) is 65.2 Å². The third-order valence-corrected chi connectivity index (χ3v) is 8.59. The summed E-state index contributed by atoms with van der Waals surface area (Å²) < 4.78 is 23.4. The molecule has 2 saturated heterocycles. The summed E-state index contributed by atoms with van der Waals surface area (Å²) in [5.74, 6) is 1.91. The first-order chi connectivity index (χ1) is 12.0. The second-order valence-electron chi connectivity index (χ2n) is 8.44. The number of sulfone groups is 1. The lowest BCUT2D eigenvalue weighted by Crippen LogP contribution is -2.45. The van der Waals surface area contributed by atoms with Crippen LogP contribution in [0.5, 0.6) is 0 Å². The van der Waals surface area contributed by atoms with E-state index in [-0.39, 0.29) is 5.92 Å². The van der Waals surface area contributed by atoms with Crippen LogP contribution < -0.4 is 5.32 Å². The Bertz CT molecular complexity index is 577. The van der Waals surface area contributed by atoms with E-state index in [2.05, 4.69) is 24.1 Å². The highest BCUT2D eigenvalue weighted by Gasteiger charge is 2.37. The van der Waals surface area contributed by atoms with Crippen molar-refractivity contribution in [3.8, 4) is 0 Å². The Kier molecular flexibility index (Phi) is 5.96. The van der Waals surface area contributed by atoms with Crippen LogP contribution in [-0.4, -0.2) is 56.5 Å². The van der Waals surface area contributed by atoms with Crippen LogP contribution in [0.25, 0.3) is 0 Å². The number of nitrogens with one attached hydrogen (secondary N) is 1. The fourth-order valence-corrected chi connectivity index (χ4v) is 6.51. The number of hydrogen-bond donors (Lipinski definition) is 1. The summed E-state index contributed by atoms with van der Waals surface area (Å²) in [4.78, 5) is 7.36. The Morgan fingerprint density at radius 2 is 1.92 bits per heavy atom. The minimum atomic E-state index is -2.81. The SMILES string of the molecule is CCC1(CC)CCN(C(=NCC2CCS(=O)(=O)C2)NC2CCCC2)C1. The minimum Gasteiger partial charge on any atom is -0.354 e. The van der Waals surface area contributed by atoms with Gasteiger partial charge in [-0.05, 0) is 49.9 Å². The van der Waals surface area contributed by atoms with Crippen LogP contribution in [-0.2, 0) is 9.84 Å². The Labute approximate surface area is 153 Å². The van der Waals surface area contributed by atoms with Gasteiger partial charge in [-0.15, -0.1) is 0 Å². The van der Waals surface area contributed by atoms with Crippen molar-refractivity contribution in [1.29, 1.82) is 0 Å². The van der Waals surface area contributed by atoms with Crippen molar-refractivity contribution in [2.45, 2.75) is 71.3 Å². The van der Waals surface area contributed by atoms with E-state index in [0.717, 1.165) is 25.5 Å². The highest BCUT2D eigenvalue weighted by molar-refractivity contribution is 7.91.